The lowest BCUT2D eigenvalue weighted by Gasteiger charge is -2.39. The van der Waals surface area contributed by atoms with Gasteiger partial charge in [-0.1, -0.05) is 81.4 Å². The number of rotatable bonds is 5. The van der Waals surface area contributed by atoms with Crippen LogP contribution >= 0.6 is 0 Å². The van der Waals surface area contributed by atoms with Gasteiger partial charge in [0.15, 0.2) is 5.65 Å². The van der Waals surface area contributed by atoms with Crippen molar-refractivity contribution in [3.63, 3.8) is 0 Å². The molecule has 1 amide bonds. The summed E-state index contributed by atoms with van der Waals surface area (Å²) in [5.74, 6) is -0.418. The van der Waals surface area contributed by atoms with Crippen LogP contribution in [0, 0.1) is 5.82 Å². The van der Waals surface area contributed by atoms with E-state index in [1.165, 1.54) is 23.3 Å². The molecular weight excluding hydrogens is 513 g/mol. The summed E-state index contributed by atoms with van der Waals surface area (Å²) in [6, 6.07) is 31.2. The monoisotopic (exact) mass is 547 g/mol. The van der Waals surface area contributed by atoms with Crippen LogP contribution in [0.15, 0.2) is 97.1 Å². The van der Waals surface area contributed by atoms with Gasteiger partial charge in [-0.25, -0.2) is 13.9 Å². The van der Waals surface area contributed by atoms with Gasteiger partial charge >= 0.3 is 0 Å². The topological polar surface area (TPSA) is 53.7 Å². The maximum atomic E-state index is 13.9. The van der Waals surface area contributed by atoms with Gasteiger partial charge in [-0.2, -0.15) is 5.10 Å². The van der Waals surface area contributed by atoms with E-state index in [1.807, 2.05) is 23.1 Å². The number of carbonyl (C=O) groups is 1. The average Bonchev–Trinajstić information content (AvgIpc) is 3.44. The van der Waals surface area contributed by atoms with Crippen molar-refractivity contribution in [2.24, 2.45) is 0 Å². The summed E-state index contributed by atoms with van der Waals surface area (Å²) in [7, 11) is 0. The molecule has 6 nitrogen and oxygen atoms in total. The van der Waals surface area contributed by atoms with E-state index in [9.17, 15) is 9.18 Å². The second-order valence-electron chi connectivity index (χ2n) is 11.6. The molecule has 0 atom stereocenters. The zero-order chi connectivity index (χ0) is 28.6. The van der Waals surface area contributed by atoms with Crippen molar-refractivity contribution < 1.29 is 9.18 Å². The summed E-state index contributed by atoms with van der Waals surface area (Å²) >= 11 is 0. The summed E-state index contributed by atoms with van der Waals surface area (Å²) in [6.45, 7) is 8.96. The number of benzene rings is 3. The molecule has 2 aromatic heterocycles. The fourth-order valence-corrected chi connectivity index (χ4v) is 5.51. The lowest BCUT2D eigenvalue weighted by Crippen LogP contribution is -2.50. The van der Waals surface area contributed by atoms with Crippen LogP contribution < -0.4 is 0 Å². The number of aromatic nitrogens is 3. The Morgan fingerprint density at radius 1 is 0.805 bits per heavy atom. The Balaban J connectivity index is 1.29. The highest BCUT2D eigenvalue weighted by atomic mass is 19.1. The van der Waals surface area contributed by atoms with Crippen LogP contribution in [0.1, 0.15) is 54.1 Å². The van der Waals surface area contributed by atoms with Gasteiger partial charge in [0.25, 0.3) is 5.91 Å². The van der Waals surface area contributed by atoms with E-state index >= 15 is 0 Å². The Morgan fingerprint density at radius 2 is 1.39 bits per heavy atom. The van der Waals surface area contributed by atoms with Crippen LogP contribution in [0.5, 0.6) is 0 Å². The zero-order valence-corrected chi connectivity index (χ0v) is 23.7. The first kappa shape index (κ1) is 26.8. The van der Waals surface area contributed by atoms with Crippen LogP contribution in [0.2, 0.25) is 0 Å². The van der Waals surface area contributed by atoms with Crippen molar-refractivity contribution >= 4 is 11.6 Å². The van der Waals surface area contributed by atoms with Gasteiger partial charge in [-0.15, -0.1) is 0 Å². The number of carbonyl (C=O) groups excluding carboxylic acids is 1. The minimum Gasteiger partial charge on any atom is -0.335 e. The summed E-state index contributed by atoms with van der Waals surface area (Å²) in [6.07, 6.45) is 0. The van der Waals surface area contributed by atoms with Gasteiger partial charge in [0.2, 0.25) is 0 Å². The van der Waals surface area contributed by atoms with Gasteiger partial charge in [0, 0.05) is 43.2 Å². The van der Waals surface area contributed by atoms with Gasteiger partial charge in [0.05, 0.1) is 17.4 Å². The summed E-state index contributed by atoms with van der Waals surface area (Å²) in [4.78, 5) is 22.9. The molecule has 6 rings (SSSR count). The number of amides is 1. The lowest BCUT2D eigenvalue weighted by molar-refractivity contribution is 0.0592. The van der Waals surface area contributed by atoms with Crippen molar-refractivity contribution in [3.05, 3.63) is 125 Å². The number of hydrogen-bond donors (Lipinski definition) is 0. The van der Waals surface area contributed by atoms with Crippen LogP contribution in [0.3, 0.4) is 0 Å². The SMILES string of the molecule is CC(C)(C)c1cc2nc(C(=O)N3CCN(C(c4ccccc4)c4ccccc4)CC3)cc(-c3ccc(F)cc3)n2n1. The molecule has 0 N–H and O–H groups in total. The number of piperazine rings is 1. The Bertz CT molecular complexity index is 1610. The number of fused-ring (bicyclic) bond motifs is 1. The van der Waals surface area contributed by atoms with Gasteiger partial charge in [-0.3, -0.25) is 9.69 Å². The Labute approximate surface area is 240 Å². The van der Waals surface area contributed by atoms with Crippen molar-refractivity contribution in [3.8, 4) is 11.3 Å². The fourth-order valence-electron chi connectivity index (χ4n) is 5.51. The molecule has 208 valence electrons. The largest absolute Gasteiger partial charge is 0.335 e. The van der Waals surface area contributed by atoms with Crippen molar-refractivity contribution in [2.45, 2.75) is 32.2 Å². The molecule has 7 heteroatoms. The zero-order valence-electron chi connectivity index (χ0n) is 23.7. The van der Waals surface area contributed by atoms with E-state index in [-0.39, 0.29) is 23.2 Å². The number of hydrogen-bond acceptors (Lipinski definition) is 4. The third kappa shape index (κ3) is 5.50. The molecule has 3 heterocycles. The van der Waals surface area contributed by atoms with E-state index in [2.05, 4.69) is 74.2 Å². The van der Waals surface area contributed by atoms with E-state index < -0.39 is 0 Å². The molecule has 0 unspecified atom stereocenters. The minimum absolute atomic E-state index is 0.106. The molecule has 1 saturated heterocycles. The summed E-state index contributed by atoms with van der Waals surface area (Å²) in [5.41, 5.74) is 5.62. The highest BCUT2D eigenvalue weighted by Gasteiger charge is 2.30. The summed E-state index contributed by atoms with van der Waals surface area (Å²) < 4.78 is 15.5. The summed E-state index contributed by atoms with van der Waals surface area (Å²) in [5, 5.41) is 4.81. The molecule has 0 aliphatic carbocycles. The predicted molar refractivity (Wildman–Crippen MR) is 159 cm³/mol. The number of halogens is 1. The van der Waals surface area contributed by atoms with Crippen LogP contribution in [-0.4, -0.2) is 56.5 Å². The normalized spacial score (nSPS) is 14.6. The van der Waals surface area contributed by atoms with Crippen molar-refractivity contribution in [2.75, 3.05) is 26.2 Å². The van der Waals surface area contributed by atoms with E-state index in [1.54, 1.807) is 22.7 Å². The maximum absolute atomic E-state index is 13.9. The first-order chi connectivity index (χ1) is 19.8. The Hall–Kier alpha value is -4.36. The first-order valence-corrected chi connectivity index (χ1v) is 14.1. The highest BCUT2D eigenvalue weighted by Crippen LogP contribution is 2.30. The maximum Gasteiger partial charge on any atom is 0.272 e. The molecule has 0 radical (unpaired) electrons. The highest BCUT2D eigenvalue weighted by molar-refractivity contribution is 5.94. The molecule has 5 aromatic rings. The minimum atomic E-state index is -0.312. The molecule has 0 saturated carbocycles. The van der Waals surface area contributed by atoms with Crippen LogP contribution in [0.25, 0.3) is 16.9 Å². The smallest absolute Gasteiger partial charge is 0.272 e. The fraction of sp³-hybridized carbons (Fsp3) is 0.265. The lowest BCUT2D eigenvalue weighted by atomic mass is 9.93. The third-order valence-corrected chi connectivity index (χ3v) is 7.75. The first-order valence-electron chi connectivity index (χ1n) is 14.1. The van der Waals surface area contributed by atoms with Crippen molar-refractivity contribution in [1.29, 1.82) is 0 Å². The predicted octanol–water partition coefficient (Wildman–Crippen LogP) is 6.38. The molecule has 1 aliphatic rings. The van der Waals surface area contributed by atoms with E-state index in [4.69, 9.17) is 10.1 Å². The molecule has 1 aliphatic heterocycles. The van der Waals surface area contributed by atoms with Gasteiger partial charge in [0.1, 0.15) is 11.5 Å². The molecule has 41 heavy (non-hydrogen) atoms. The average molecular weight is 548 g/mol. The molecule has 0 spiro atoms. The van der Waals surface area contributed by atoms with Crippen LogP contribution in [0.4, 0.5) is 4.39 Å². The molecular formula is C34H34FN5O. The molecule has 0 bridgehead atoms. The van der Waals surface area contributed by atoms with Gasteiger partial charge in [-0.05, 0) is 41.5 Å². The molecule has 3 aromatic carbocycles. The number of nitrogens with zero attached hydrogens (tertiary/aromatic N) is 5. The van der Waals surface area contributed by atoms with Crippen molar-refractivity contribution in [1.82, 2.24) is 24.4 Å². The third-order valence-electron chi connectivity index (χ3n) is 7.75. The quantitative estimate of drug-likeness (QED) is 0.256. The second kappa shape index (κ2) is 10.9. The van der Waals surface area contributed by atoms with Crippen LogP contribution in [-0.2, 0) is 5.41 Å². The molecule has 1 fully saturated rings. The van der Waals surface area contributed by atoms with E-state index in [0.717, 1.165) is 24.3 Å². The van der Waals surface area contributed by atoms with Gasteiger partial charge < -0.3 is 4.90 Å². The second-order valence-corrected chi connectivity index (χ2v) is 11.6. The van der Waals surface area contributed by atoms with E-state index in [0.29, 0.717) is 30.1 Å². The Morgan fingerprint density at radius 3 is 1.95 bits per heavy atom. The Kier molecular flexibility index (Phi) is 7.14. The standard InChI is InChI=1S/C34H34FN5O/c1-34(2,3)30-23-31-36-28(22-29(40(31)37-30)24-14-16-27(35)17-15-24)33(41)39-20-18-38(19-21-39)32(25-10-6-4-7-11-25)26-12-8-5-9-13-26/h4-17,22-23,32H,18-21H2,1-3H3.